The van der Waals surface area contributed by atoms with Crippen molar-refractivity contribution in [1.29, 1.82) is 0 Å². The fourth-order valence-electron chi connectivity index (χ4n) is 3.54. The first kappa shape index (κ1) is 17.5. The van der Waals surface area contributed by atoms with Crippen LogP contribution in [0.4, 0.5) is 0 Å². The van der Waals surface area contributed by atoms with Gasteiger partial charge in [0.2, 0.25) is 0 Å². The number of rotatable bonds is 3. The molecule has 2 aromatic rings. The Morgan fingerprint density at radius 2 is 1.92 bits per heavy atom. The van der Waals surface area contributed by atoms with Gasteiger partial charge in [0.1, 0.15) is 11.5 Å². The first-order valence-corrected chi connectivity index (χ1v) is 9.39. The molecule has 0 aliphatic carbocycles. The van der Waals surface area contributed by atoms with Gasteiger partial charge < -0.3 is 9.47 Å². The Morgan fingerprint density at radius 1 is 1.19 bits per heavy atom. The van der Waals surface area contributed by atoms with Crippen molar-refractivity contribution in [3.05, 3.63) is 57.6 Å². The van der Waals surface area contributed by atoms with Crippen molar-refractivity contribution in [3.8, 4) is 11.5 Å². The summed E-state index contributed by atoms with van der Waals surface area (Å²) in [6.45, 7) is 4.24. The molecule has 0 N–H and O–H groups in total. The third-order valence-electron chi connectivity index (χ3n) is 4.83. The van der Waals surface area contributed by atoms with Gasteiger partial charge in [-0.25, -0.2) is 5.01 Å². The van der Waals surface area contributed by atoms with Crippen LogP contribution in [0, 0.1) is 5.92 Å². The number of hydrogen-bond acceptors (Lipinski definition) is 4. The Bertz CT molecular complexity index is 865. The minimum atomic E-state index is -0.165. The lowest BCUT2D eigenvalue weighted by Gasteiger charge is -2.40. The van der Waals surface area contributed by atoms with Crippen molar-refractivity contribution >= 4 is 28.9 Å². The first-order valence-electron chi connectivity index (χ1n) is 8.63. The van der Waals surface area contributed by atoms with E-state index in [1.54, 1.807) is 13.2 Å². The van der Waals surface area contributed by atoms with Crippen LogP contribution < -0.4 is 9.47 Å². The maximum atomic E-state index is 6.42. The van der Waals surface area contributed by atoms with Crippen molar-refractivity contribution in [1.82, 2.24) is 5.01 Å². The predicted octanol–water partition coefficient (Wildman–Crippen LogP) is 5.53. The summed E-state index contributed by atoms with van der Waals surface area (Å²) < 4.78 is 11.5. The largest absolute Gasteiger partial charge is 0.497 e. The highest BCUT2D eigenvalue weighted by molar-refractivity contribution is 6.35. The first-order chi connectivity index (χ1) is 12.5. The zero-order chi connectivity index (χ0) is 18.4. The standard InChI is InChI=1S/C20H20Cl2N2O2/c1-11(2)20-24-18(15-8-13(21)9-16(22)19(15)26-20)10-17(23-24)12-4-6-14(25-3)7-5-12/h4-9,11,18,20H,10H2,1-3H3/t18-,20+/m0/s1. The summed E-state index contributed by atoms with van der Waals surface area (Å²) in [6.07, 6.45) is 0.615. The third kappa shape index (κ3) is 2.91. The van der Waals surface area contributed by atoms with E-state index >= 15 is 0 Å². The van der Waals surface area contributed by atoms with Crippen LogP contribution in [0.1, 0.15) is 37.4 Å². The molecule has 0 radical (unpaired) electrons. The number of ether oxygens (including phenoxy) is 2. The molecule has 2 atom stereocenters. The van der Waals surface area contributed by atoms with E-state index in [9.17, 15) is 0 Å². The Balaban J connectivity index is 1.75. The van der Waals surface area contributed by atoms with Crippen molar-refractivity contribution in [2.75, 3.05) is 7.11 Å². The monoisotopic (exact) mass is 390 g/mol. The van der Waals surface area contributed by atoms with Crippen molar-refractivity contribution in [2.24, 2.45) is 11.0 Å². The highest BCUT2D eigenvalue weighted by atomic mass is 35.5. The molecule has 0 saturated heterocycles. The molecule has 0 unspecified atom stereocenters. The predicted molar refractivity (Wildman–Crippen MR) is 104 cm³/mol. The molecule has 136 valence electrons. The smallest absolute Gasteiger partial charge is 0.190 e. The van der Waals surface area contributed by atoms with E-state index in [2.05, 4.69) is 18.9 Å². The van der Waals surface area contributed by atoms with Gasteiger partial charge in [-0.05, 0) is 42.0 Å². The molecular weight excluding hydrogens is 371 g/mol. The summed E-state index contributed by atoms with van der Waals surface area (Å²) in [4.78, 5) is 0. The fourth-order valence-corrected chi connectivity index (χ4v) is 4.09. The molecule has 0 spiro atoms. The van der Waals surface area contributed by atoms with E-state index in [-0.39, 0.29) is 18.2 Å². The van der Waals surface area contributed by atoms with E-state index < -0.39 is 0 Å². The molecule has 0 amide bonds. The highest BCUT2D eigenvalue weighted by Gasteiger charge is 2.42. The van der Waals surface area contributed by atoms with Crippen LogP contribution >= 0.6 is 23.2 Å². The van der Waals surface area contributed by atoms with Gasteiger partial charge in [0.05, 0.1) is 23.9 Å². The Hall–Kier alpha value is -1.91. The molecule has 2 aromatic carbocycles. The summed E-state index contributed by atoms with van der Waals surface area (Å²) in [5.41, 5.74) is 3.10. The molecule has 0 bridgehead atoms. The third-order valence-corrected chi connectivity index (χ3v) is 5.33. The maximum Gasteiger partial charge on any atom is 0.190 e. The number of methoxy groups -OCH3 is 1. The minimum absolute atomic E-state index is 0.0689. The van der Waals surface area contributed by atoms with Crippen molar-refractivity contribution in [3.63, 3.8) is 0 Å². The molecule has 4 rings (SSSR count). The molecule has 6 heteroatoms. The van der Waals surface area contributed by atoms with Gasteiger partial charge in [-0.2, -0.15) is 5.10 Å². The average Bonchev–Trinajstić information content (AvgIpc) is 3.06. The van der Waals surface area contributed by atoms with E-state index in [1.165, 1.54) is 0 Å². The highest BCUT2D eigenvalue weighted by Crippen LogP contribution is 2.48. The van der Waals surface area contributed by atoms with Crippen LogP contribution in [0.2, 0.25) is 10.0 Å². The van der Waals surface area contributed by atoms with Gasteiger partial charge in [0.25, 0.3) is 0 Å². The van der Waals surface area contributed by atoms with Gasteiger partial charge in [0.15, 0.2) is 6.23 Å². The second kappa shape index (κ2) is 6.67. The summed E-state index contributed by atoms with van der Waals surface area (Å²) in [6, 6.07) is 11.7. The van der Waals surface area contributed by atoms with Crippen LogP contribution in [-0.4, -0.2) is 24.1 Å². The molecule has 2 heterocycles. The number of nitrogens with zero attached hydrogens (tertiary/aromatic N) is 2. The normalized spacial score (nSPS) is 21.2. The summed E-state index contributed by atoms with van der Waals surface area (Å²) in [5.74, 6) is 1.82. The lowest BCUT2D eigenvalue weighted by Crippen LogP contribution is -2.43. The molecule has 4 nitrogen and oxygen atoms in total. The van der Waals surface area contributed by atoms with E-state index in [1.807, 2.05) is 30.3 Å². The topological polar surface area (TPSA) is 34.1 Å². The van der Waals surface area contributed by atoms with Gasteiger partial charge in [-0.1, -0.05) is 37.0 Å². The Morgan fingerprint density at radius 3 is 2.58 bits per heavy atom. The second-order valence-corrected chi connectivity index (χ2v) is 7.78. The average molecular weight is 391 g/mol. The van der Waals surface area contributed by atoms with Gasteiger partial charge in [-0.3, -0.25) is 0 Å². The molecule has 0 aromatic heterocycles. The van der Waals surface area contributed by atoms with Crippen LogP contribution in [-0.2, 0) is 0 Å². The van der Waals surface area contributed by atoms with E-state index in [4.69, 9.17) is 37.8 Å². The molecule has 2 aliphatic rings. The number of benzene rings is 2. The number of hydrogen-bond donors (Lipinski definition) is 0. The van der Waals surface area contributed by atoms with Crippen LogP contribution in [0.5, 0.6) is 11.5 Å². The van der Waals surface area contributed by atoms with Crippen molar-refractivity contribution in [2.45, 2.75) is 32.5 Å². The maximum absolute atomic E-state index is 6.42. The minimum Gasteiger partial charge on any atom is -0.497 e. The zero-order valence-electron chi connectivity index (χ0n) is 14.9. The van der Waals surface area contributed by atoms with Gasteiger partial charge in [0, 0.05) is 22.9 Å². The number of hydrazone groups is 1. The lowest BCUT2D eigenvalue weighted by molar-refractivity contribution is -0.0460. The summed E-state index contributed by atoms with van der Waals surface area (Å²) in [7, 11) is 1.66. The van der Waals surface area contributed by atoms with Crippen LogP contribution in [0.15, 0.2) is 41.5 Å². The molecular formula is C20H20Cl2N2O2. The Labute approximate surface area is 163 Å². The molecule has 26 heavy (non-hydrogen) atoms. The number of halogens is 2. The molecule has 0 saturated carbocycles. The van der Waals surface area contributed by atoms with E-state index in [0.29, 0.717) is 10.0 Å². The summed E-state index contributed by atoms with van der Waals surface area (Å²) in [5, 5.41) is 8.11. The lowest BCUT2D eigenvalue weighted by atomic mass is 9.95. The Kier molecular flexibility index (Phi) is 4.49. The van der Waals surface area contributed by atoms with E-state index in [0.717, 1.165) is 34.8 Å². The van der Waals surface area contributed by atoms with Crippen molar-refractivity contribution < 1.29 is 9.47 Å². The SMILES string of the molecule is COc1ccc(C2=NN3[C@@H](C(C)C)Oc4c(Cl)cc(Cl)cc4[C@@H]3C2)cc1. The second-order valence-electron chi connectivity index (χ2n) is 6.93. The quantitative estimate of drug-likeness (QED) is 0.690. The number of fused-ring (bicyclic) bond motifs is 3. The fraction of sp³-hybridized carbons (Fsp3) is 0.350. The molecule has 0 fully saturated rings. The molecule has 2 aliphatic heterocycles. The zero-order valence-corrected chi connectivity index (χ0v) is 16.4. The summed E-state index contributed by atoms with van der Waals surface area (Å²) >= 11 is 12.7. The van der Waals surface area contributed by atoms with Crippen LogP contribution in [0.3, 0.4) is 0 Å². The van der Waals surface area contributed by atoms with Crippen LogP contribution in [0.25, 0.3) is 0 Å². The van der Waals surface area contributed by atoms with Gasteiger partial charge >= 0.3 is 0 Å². The van der Waals surface area contributed by atoms with Gasteiger partial charge in [-0.15, -0.1) is 0 Å².